The summed E-state index contributed by atoms with van der Waals surface area (Å²) in [5.41, 5.74) is 0.655. The van der Waals surface area contributed by atoms with E-state index in [2.05, 4.69) is 10.3 Å². The SMILES string of the molecule is Cc1cc(=O)oc2cc(OCC(=O)O[C@H](C)C(=O)Nc3ccc(Cl)cn3)ccc12. The predicted octanol–water partition coefficient (Wildman–Crippen LogP) is 3.10. The normalized spacial score (nSPS) is 11.7. The third-order valence-corrected chi connectivity index (χ3v) is 4.16. The van der Waals surface area contributed by atoms with Gasteiger partial charge in [-0.05, 0) is 43.7 Å². The average Bonchev–Trinajstić information content (AvgIpc) is 2.67. The smallest absolute Gasteiger partial charge is 0.344 e. The molecule has 0 fully saturated rings. The molecule has 0 unspecified atom stereocenters. The molecule has 1 aromatic carbocycles. The number of aromatic nitrogens is 1. The highest BCUT2D eigenvalue weighted by atomic mass is 35.5. The molecule has 1 amide bonds. The number of carbonyl (C=O) groups is 2. The highest BCUT2D eigenvalue weighted by Gasteiger charge is 2.19. The Morgan fingerprint density at radius 1 is 1.24 bits per heavy atom. The van der Waals surface area contributed by atoms with E-state index in [1.165, 1.54) is 31.3 Å². The highest BCUT2D eigenvalue weighted by molar-refractivity contribution is 6.30. The largest absolute Gasteiger partial charge is 0.482 e. The van der Waals surface area contributed by atoms with E-state index in [-0.39, 0.29) is 5.82 Å². The van der Waals surface area contributed by atoms with Gasteiger partial charge in [-0.2, -0.15) is 0 Å². The molecule has 1 atom stereocenters. The van der Waals surface area contributed by atoms with Gasteiger partial charge in [0.05, 0.1) is 5.02 Å². The van der Waals surface area contributed by atoms with E-state index in [9.17, 15) is 14.4 Å². The number of ether oxygens (including phenoxy) is 2. The number of amides is 1. The predicted molar refractivity (Wildman–Crippen MR) is 106 cm³/mol. The lowest BCUT2D eigenvalue weighted by atomic mass is 10.1. The summed E-state index contributed by atoms with van der Waals surface area (Å²) in [6.07, 6.45) is 0.329. The molecular formula is C20H17ClN2O6. The average molecular weight is 417 g/mol. The summed E-state index contributed by atoms with van der Waals surface area (Å²) in [6.45, 7) is 2.80. The standard InChI is InChI=1S/C20H17ClN2O6/c1-11-7-18(24)29-16-8-14(4-5-15(11)16)27-10-19(25)28-12(2)20(26)23-17-6-3-13(21)9-22-17/h3-9,12H,10H2,1-2H3,(H,22,23,26)/t12-/m1/s1. The lowest BCUT2D eigenvalue weighted by molar-refractivity contribution is -0.155. The van der Waals surface area contributed by atoms with Crippen molar-refractivity contribution in [2.45, 2.75) is 20.0 Å². The van der Waals surface area contributed by atoms with E-state index >= 15 is 0 Å². The maximum absolute atomic E-state index is 12.1. The number of fused-ring (bicyclic) bond motifs is 1. The summed E-state index contributed by atoms with van der Waals surface area (Å²) < 4.78 is 15.6. The number of carbonyl (C=O) groups excluding carboxylic acids is 2. The summed E-state index contributed by atoms with van der Waals surface area (Å²) >= 11 is 5.73. The van der Waals surface area contributed by atoms with E-state index in [0.29, 0.717) is 16.4 Å². The van der Waals surface area contributed by atoms with Gasteiger partial charge in [0.25, 0.3) is 5.91 Å². The zero-order chi connectivity index (χ0) is 21.0. The van der Waals surface area contributed by atoms with Crippen LogP contribution in [0.25, 0.3) is 11.0 Å². The molecule has 29 heavy (non-hydrogen) atoms. The molecule has 0 aliphatic carbocycles. The Hall–Kier alpha value is -3.39. The summed E-state index contributed by atoms with van der Waals surface area (Å²) in [4.78, 5) is 39.5. The van der Waals surface area contributed by atoms with Crippen LogP contribution >= 0.6 is 11.6 Å². The van der Waals surface area contributed by atoms with Crippen molar-refractivity contribution in [3.63, 3.8) is 0 Å². The number of hydrogen-bond acceptors (Lipinski definition) is 7. The molecule has 2 heterocycles. The van der Waals surface area contributed by atoms with Gasteiger partial charge in [0.2, 0.25) is 0 Å². The Bertz CT molecular complexity index is 1110. The molecule has 1 N–H and O–H groups in total. The molecular weight excluding hydrogens is 400 g/mol. The van der Waals surface area contributed by atoms with Gasteiger partial charge in [-0.15, -0.1) is 0 Å². The fraction of sp³-hybridized carbons (Fsp3) is 0.200. The Kier molecular flexibility index (Phi) is 6.13. The molecule has 0 saturated heterocycles. The van der Waals surface area contributed by atoms with E-state index in [0.717, 1.165) is 10.9 Å². The Morgan fingerprint density at radius 2 is 2.03 bits per heavy atom. The molecule has 3 rings (SSSR count). The van der Waals surface area contributed by atoms with Gasteiger partial charge >= 0.3 is 11.6 Å². The molecule has 0 saturated carbocycles. The number of esters is 1. The highest BCUT2D eigenvalue weighted by Crippen LogP contribution is 2.22. The monoisotopic (exact) mass is 416 g/mol. The first kappa shape index (κ1) is 20.3. The van der Waals surface area contributed by atoms with Crippen LogP contribution in [0.4, 0.5) is 5.82 Å². The van der Waals surface area contributed by atoms with Gasteiger partial charge in [0.15, 0.2) is 12.7 Å². The summed E-state index contributed by atoms with van der Waals surface area (Å²) in [6, 6.07) is 9.37. The van der Waals surface area contributed by atoms with Crippen molar-refractivity contribution in [3.8, 4) is 5.75 Å². The lowest BCUT2D eigenvalue weighted by Crippen LogP contribution is -2.31. The van der Waals surface area contributed by atoms with Crippen LogP contribution in [0.5, 0.6) is 5.75 Å². The van der Waals surface area contributed by atoms with Gasteiger partial charge in [-0.25, -0.2) is 14.6 Å². The van der Waals surface area contributed by atoms with Crippen LogP contribution in [0, 0.1) is 6.92 Å². The minimum Gasteiger partial charge on any atom is -0.482 e. The van der Waals surface area contributed by atoms with Crippen molar-refractivity contribution in [1.29, 1.82) is 0 Å². The van der Waals surface area contributed by atoms with Crippen molar-refractivity contribution in [3.05, 3.63) is 63.6 Å². The number of anilines is 1. The van der Waals surface area contributed by atoms with Gasteiger partial charge < -0.3 is 19.2 Å². The number of pyridine rings is 1. The van der Waals surface area contributed by atoms with Crippen LogP contribution < -0.4 is 15.7 Å². The molecule has 0 spiro atoms. The van der Waals surface area contributed by atoms with Crippen molar-refractivity contribution in [2.24, 2.45) is 0 Å². The molecule has 0 aliphatic heterocycles. The summed E-state index contributed by atoms with van der Waals surface area (Å²) in [5.74, 6) is -0.671. The van der Waals surface area contributed by atoms with Gasteiger partial charge in [0.1, 0.15) is 17.2 Å². The number of nitrogens with one attached hydrogen (secondary N) is 1. The minimum atomic E-state index is -1.05. The van der Waals surface area contributed by atoms with Crippen LogP contribution in [0.2, 0.25) is 5.02 Å². The molecule has 0 bridgehead atoms. The summed E-state index contributed by atoms with van der Waals surface area (Å²) in [5, 5.41) is 3.71. The van der Waals surface area contributed by atoms with Crippen molar-refractivity contribution < 1.29 is 23.5 Å². The number of hydrogen-bond donors (Lipinski definition) is 1. The quantitative estimate of drug-likeness (QED) is 0.485. The second-order valence-electron chi connectivity index (χ2n) is 6.18. The molecule has 150 valence electrons. The molecule has 9 heteroatoms. The maximum atomic E-state index is 12.1. The van der Waals surface area contributed by atoms with E-state index in [1.807, 2.05) is 0 Å². The van der Waals surface area contributed by atoms with Crippen LogP contribution in [0.3, 0.4) is 0 Å². The molecule has 2 aromatic heterocycles. The van der Waals surface area contributed by atoms with Crippen molar-refractivity contribution in [1.82, 2.24) is 4.98 Å². The van der Waals surface area contributed by atoms with Gasteiger partial charge in [-0.1, -0.05) is 11.6 Å². The minimum absolute atomic E-state index is 0.284. The first-order chi connectivity index (χ1) is 13.8. The number of nitrogens with zero attached hydrogens (tertiary/aromatic N) is 1. The fourth-order valence-electron chi connectivity index (χ4n) is 2.50. The van der Waals surface area contributed by atoms with Crippen LogP contribution in [-0.4, -0.2) is 29.6 Å². The maximum Gasteiger partial charge on any atom is 0.344 e. The third-order valence-electron chi connectivity index (χ3n) is 3.94. The first-order valence-corrected chi connectivity index (χ1v) is 8.99. The van der Waals surface area contributed by atoms with Crippen LogP contribution in [-0.2, 0) is 14.3 Å². The lowest BCUT2D eigenvalue weighted by Gasteiger charge is -2.13. The zero-order valence-corrected chi connectivity index (χ0v) is 16.4. The number of rotatable bonds is 6. The topological polar surface area (TPSA) is 108 Å². The summed E-state index contributed by atoms with van der Waals surface area (Å²) in [7, 11) is 0. The molecule has 8 nitrogen and oxygen atoms in total. The third kappa shape index (κ3) is 5.32. The van der Waals surface area contributed by atoms with Gasteiger partial charge in [-0.3, -0.25) is 4.79 Å². The first-order valence-electron chi connectivity index (χ1n) is 8.61. The van der Waals surface area contributed by atoms with Gasteiger partial charge in [0, 0.05) is 23.7 Å². The molecule has 0 aliphatic rings. The van der Waals surface area contributed by atoms with E-state index in [4.69, 9.17) is 25.5 Å². The Balaban J connectivity index is 1.55. The number of benzene rings is 1. The Morgan fingerprint density at radius 3 is 2.76 bits per heavy atom. The number of halogens is 1. The van der Waals surface area contributed by atoms with Crippen molar-refractivity contribution in [2.75, 3.05) is 11.9 Å². The van der Waals surface area contributed by atoms with Crippen LogP contribution in [0.15, 0.2) is 51.8 Å². The molecule has 0 radical (unpaired) electrons. The molecule has 3 aromatic rings. The second kappa shape index (κ2) is 8.74. The van der Waals surface area contributed by atoms with Crippen LogP contribution in [0.1, 0.15) is 12.5 Å². The fourth-order valence-corrected chi connectivity index (χ4v) is 2.61. The number of aryl methyl sites for hydroxylation is 1. The van der Waals surface area contributed by atoms with E-state index < -0.39 is 30.2 Å². The Labute approximate surface area is 170 Å². The van der Waals surface area contributed by atoms with Crippen molar-refractivity contribution >= 4 is 40.3 Å². The van der Waals surface area contributed by atoms with E-state index in [1.54, 1.807) is 25.1 Å². The second-order valence-corrected chi connectivity index (χ2v) is 6.61. The zero-order valence-electron chi connectivity index (χ0n) is 15.6.